The molecule has 1 aromatic rings. The minimum absolute atomic E-state index is 0. The average molecular weight is 362 g/mol. The van der Waals surface area contributed by atoms with E-state index in [0.29, 0.717) is 11.6 Å². The largest absolute Gasteiger partial charge is 1.00 e. The molecule has 0 saturated carbocycles. The fraction of sp³-hybridized carbons (Fsp3) is 0.308. The fourth-order valence-electron chi connectivity index (χ4n) is 1.86. The number of nitro benzene ring substituents is 1. The van der Waals surface area contributed by atoms with Crippen LogP contribution < -0.4 is 62.4 Å². The summed E-state index contributed by atoms with van der Waals surface area (Å²) >= 11 is 0. The van der Waals surface area contributed by atoms with Crippen molar-refractivity contribution in [3.63, 3.8) is 0 Å². The standard InChI is InChI=1S/C12H15N3O5.CNO.K/c1-6-3-4-10(15(19)20)8(7(6)2)5-9(11(16)17)14-12(13)18;2-1-3;/h3-4,9H,5H2,1-2H3,(H,16,17)(H3,13,14,18);;/q;-1;+1/t9-;;/m0../s1. The second-order valence-electron chi connectivity index (χ2n) is 4.46. The SMILES string of the molecule is Cc1ccc([N+](=O)[O-])c(C[C@H](NC(N)=O)C(=O)O)c1C.[K+].[N-]=C=O. The molecule has 0 fully saturated rings. The van der Waals surface area contributed by atoms with Gasteiger partial charge in [-0.3, -0.25) is 14.9 Å². The molecule has 0 bridgehead atoms. The number of nitrogens with zero attached hydrogens (tertiary/aromatic N) is 2. The van der Waals surface area contributed by atoms with Crippen molar-refractivity contribution in [2.24, 2.45) is 5.73 Å². The molecule has 0 aliphatic carbocycles. The fourth-order valence-corrected chi connectivity index (χ4v) is 1.86. The van der Waals surface area contributed by atoms with Crippen LogP contribution in [0.5, 0.6) is 0 Å². The summed E-state index contributed by atoms with van der Waals surface area (Å²) in [5.74, 6) is -1.31. The van der Waals surface area contributed by atoms with Crippen molar-refractivity contribution in [3.8, 4) is 0 Å². The van der Waals surface area contributed by atoms with E-state index in [1.54, 1.807) is 19.9 Å². The second kappa shape index (κ2) is 11.8. The number of carbonyl (C=O) groups excluding carboxylic acids is 2. The Bertz CT molecular complexity index is 658. The molecule has 0 unspecified atom stereocenters. The number of amides is 2. The van der Waals surface area contributed by atoms with E-state index >= 15 is 0 Å². The van der Waals surface area contributed by atoms with Crippen LogP contribution in [0.3, 0.4) is 0 Å². The number of urea groups is 1. The Morgan fingerprint density at radius 1 is 1.46 bits per heavy atom. The molecule has 0 heterocycles. The molecule has 124 valence electrons. The number of carbonyl (C=O) groups is 2. The number of carboxylic acid groups (broad SMARTS) is 1. The number of primary amides is 1. The Kier molecular flexibility index (Phi) is 12.2. The monoisotopic (exact) mass is 362 g/mol. The van der Waals surface area contributed by atoms with E-state index in [9.17, 15) is 19.7 Å². The van der Waals surface area contributed by atoms with Gasteiger partial charge in [0.25, 0.3) is 5.69 Å². The van der Waals surface area contributed by atoms with Gasteiger partial charge in [-0.2, -0.15) is 0 Å². The van der Waals surface area contributed by atoms with Crippen molar-refractivity contribution >= 4 is 23.8 Å². The number of nitro groups is 1. The Morgan fingerprint density at radius 2 is 1.96 bits per heavy atom. The van der Waals surface area contributed by atoms with Crippen LogP contribution in [0.4, 0.5) is 10.5 Å². The summed E-state index contributed by atoms with van der Waals surface area (Å²) in [6, 6.07) is 0.604. The normalized spacial score (nSPS) is 10.1. The van der Waals surface area contributed by atoms with Gasteiger partial charge in [0.05, 0.1) is 4.92 Å². The number of rotatable bonds is 5. The van der Waals surface area contributed by atoms with Crippen molar-refractivity contribution in [2.45, 2.75) is 26.3 Å². The number of hydrogen-bond donors (Lipinski definition) is 3. The van der Waals surface area contributed by atoms with Gasteiger partial charge in [0.15, 0.2) is 0 Å². The van der Waals surface area contributed by atoms with E-state index in [4.69, 9.17) is 21.0 Å². The number of isocyanates is 1. The summed E-state index contributed by atoms with van der Waals surface area (Å²) in [4.78, 5) is 40.5. The summed E-state index contributed by atoms with van der Waals surface area (Å²) in [5.41, 5.74) is 6.42. The van der Waals surface area contributed by atoms with Crippen molar-refractivity contribution < 1.29 is 75.8 Å². The van der Waals surface area contributed by atoms with Crippen LogP contribution in [0.15, 0.2) is 12.1 Å². The quantitative estimate of drug-likeness (QED) is 0.176. The van der Waals surface area contributed by atoms with Crippen LogP contribution in [-0.4, -0.2) is 34.2 Å². The van der Waals surface area contributed by atoms with Crippen LogP contribution >= 0.6 is 0 Å². The number of benzene rings is 1. The summed E-state index contributed by atoms with van der Waals surface area (Å²) in [7, 11) is 0. The third-order valence-corrected chi connectivity index (χ3v) is 3.06. The number of nitrogens with two attached hydrogens (primary N) is 1. The topological polar surface area (TPSA) is 175 Å². The third-order valence-electron chi connectivity index (χ3n) is 3.06. The molecule has 10 nitrogen and oxygen atoms in total. The second-order valence-corrected chi connectivity index (χ2v) is 4.46. The van der Waals surface area contributed by atoms with Gasteiger partial charge in [-0.1, -0.05) is 6.07 Å². The number of aliphatic carboxylic acids is 1. The number of nitrogens with one attached hydrogen (secondary N) is 1. The van der Waals surface area contributed by atoms with Gasteiger partial charge in [-0.25, -0.2) is 9.59 Å². The first kappa shape index (κ1) is 24.6. The maximum Gasteiger partial charge on any atom is 1.00 e. The zero-order valence-corrected chi connectivity index (χ0v) is 16.5. The molecular weight excluding hydrogens is 347 g/mol. The summed E-state index contributed by atoms with van der Waals surface area (Å²) < 4.78 is 0. The van der Waals surface area contributed by atoms with E-state index in [-0.39, 0.29) is 69.1 Å². The molecule has 0 aromatic heterocycles. The molecule has 0 aliphatic rings. The molecular formula is C13H15KN4O6. The van der Waals surface area contributed by atoms with E-state index in [2.05, 4.69) is 5.32 Å². The number of hydrogen-bond acceptors (Lipinski definition) is 5. The number of carboxylic acids is 1. The molecule has 0 aliphatic heterocycles. The molecule has 1 rings (SSSR count). The Hall–Kier alpha value is -1.62. The van der Waals surface area contributed by atoms with Crippen molar-refractivity contribution in [1.29, 1.82) is 0 Å². The van der Waals surface area contributed by atoms with Gasteiger partial charge in [0, 0.05) is 18.1 Å². The zero-order chi connectivity index (χ0) is 18.2. The predicted molar refractivity (Wildman–Crippen MR) is 79.5 cm³/mol. The van der Waals surface area contributed by atoms with E-state index in [0.717, 1.165) is 5.56 Å². The van der Waals surface area contributed by atoms with Crippen molar-refractivity contribution in [3.05, 3.63) is 44.3 Å². The first-order chi connectivity index (χ1) is 10.6. The smallest absolute Gasteiger partial charge is 0.724 e. The molecule has 0 radical (unpaired) electrons. The predicted octanol–water partition coefficient (Wildman–Crippen LogP) is -2.23. The maximum absolute atomic E-state index is 11.1. The van der Waals surface area contributed by atoms with Gasteiger partial charge in [-0.05, 0) is 31.1 Å². The zero-order valence-electron chi connectivity index (χ0n) is 13.4. The average Bonchev–Trinajstić information content (AvgIpc) is 2.42. The Morgan fingerprint density at radius 3 is 2.33 bits per heavy atom. The van der Waals surface area contributed by atoms with Gasteiger partial charge in [0.1, 0.15) is 6.04 Å². The van der Waals surface area contributed by atoms with Crippen LogP contribution in [0.2, 0.25) is 0 Å². The van der Waals surface area contributed by atoms with E-state index < -0.39 is 23.0 Å². The Balaban J connectivity index is 0. The molecule has 2 amide bonds. The third kappa shape index (κ3) is 7.77. The Labute approximate surface area is 179 Å². The summed E-state index contributed by atoms with van der Waals surface area (Å²) in [6.45, 7) is 3.43. The van der Waals surface area contributed by atoms with Crippen LogP contribution in [-0.2, 0) is 16.0 Å². The minimum atomic E-state index is -1.31. The van der Waals surface area contributed by atoms with E-state index in [1.165, 1.54) is 6.07 Å². The van der Waals surface area contributed by atoms with Crippen LogP contribution in [0, 0.1) is 24.0 Å². The molecule has 4 N–H and O–H groups in total. The number of aryl methyl sites for hydroxylation is 1. The first-order valence-corrected chi connectivity index (χ1v) is 6.19. The molecule has 24 heavy (non-hydrogen) atoms. The van der Waals surface area contributed by atoms with Gasteiger partial charge < -0.3 is 21.6 Å². The van der Waals surface area contributed by atoms with Crippen LogP contribution in [0.25, 0.3) is 5.41 Å². The summed E-state index contributed by atoms with van der Waals surface area (Å²) in [6.07, 6.45) is 0.294. The summed E-state index contributed by atoms with van der Waals surface area (Å²) in [5, 5.41) is 28.9. The molecule has 0 saturated heterocycles. The molecule has 1 aromatic carbocycles. The van der Waals surface area contributed by atoms with Crippen LogP contribution in [0.1, 0.15) is 16.7 Å². The minimum Gasteiger partial charge on any atom is -0.724 e. The maximum atomic E-state index is 11.1. The molecule has 11 heteroatoms. The van der Waals surface area contributed by atoms with E-state index in [1.807, 2.05) is 0 Å². The van der Waals surface area contributed by atoms with Gasteiger partial charge in [0.2, 0.25) is 0 Å². The van der Waals surface area contributed by atoms with Gasteiger partial charge >= 0.3 is 63.4 Å². The van der Waals surface area contributed by atoms with Crippen molar-refractivity contribution in [2.75, 3.05) is 0 Å². The molecule has 1 atom stereocenters. The van der Waals surface area contributed by atoms with Gasteiger partial charge in [-0.15, -0.1) is 0 Å². The first-order valence-electron chi connectivity index (χ1n) is 6.19. The van der Waals surface area contributed by atoms with Crippen molar-refractivity contribution in [1.82, 2.24) is 5.32 Å². The molecule has 0 spiro atoms.